The summed E-state index contributed by atoms with van der Waals surface area (Å²) in [5, 5.41) is 7.08. The van der Waals surface area contributed by atoms with Gasteiger partial charge in [0.1, 0.15) is 17.8 Å². The number of hydrogen-bond acceptors (Lipinski definition) is 3. The number of guanidine groups is 1. The van der Waals surface area contributed by atoms with Crippen molar-refractivity contribution >= 4 is 45.9 Å². The Morgan fingerprint density at radius 3 is 2.87 bits per heavy atom. The lowest BCUT2D eigenvalue weighted by atomic mass is 10.1. The van der Waals surface area contributed by atoms with Crippen molar-refractivity contribution in [2.24, 2.45) is 4.99 Å². The predicted octanol–water partition coefficient (Wildman–Crippen LogP) is 3.44. The van der Waals surface area contributed by atoms with Crippen LogP contribution < -0.4 is 5.32 Å². The monoisotopic (exact) mass is 496 g/mol. The van der Waals surface area contributed by atoms with Gasteiger partial charge in [-0.15, -0.1) is 24.0 Å². The Morgan fingerprint density at radius 1 is 1.43 bits per heavy atom. The molecule has 0 aliphatic rings. The summed E-state index contributed by atoms with van der Waals surface area (Å²) in [6.07, 6.45) is 2.11. The molecule has 1 heterocycles. The van der Waals surface area contributed by atoms with Gasteiger partial charge in [-0.25, -0.2) is 4.39 Å². The highest BCUT2D eigenvalue weighted by Crippen LogP contribution is 2.15. The number of aliphatic imine (C=N–C) groups is 1. The van der Waals surface area contributed by atoms with Crippen LogP contribution in [-0.4, -0.2) is 36.7 Å². The Labute approximate surface area is 160 Å². The van der Waals surface area contributed by atoms with Gasteiger partial charge in [0, 0.05) is 31.2 Å². The van der Waals surface area contributed by atoms with Crippen molar-refractivity contribution in [2.45, 2.75) is 13.0 Å². The molecule has 126 valence electrons. The summed E-state index contributed by atoms with van der Waals surface area (Å²) in [4.78, 5) is 6.14. The third-order valence-electron chi connectivity index (χ3n) is 3.15. The number of aromatic nitrogens is 1. The van der Waals surface area contributed by atoms with Gasteiger partial charge in [0.15, 0.2) is 5.96 Å². The summed E-state index contributed by atoms with van der Waals surface area (Å²) in [6.45, 7) is 1.17. The Hall–Kier alpha value is -1.16. The molecule has 0 spiro atoms. The quantitative estimate of drug-likeness (QED) is 0.391. The number of nitrogens with one attached hydrogen (secondary N) is 1. The zero-order valence-corrected chi connectivity index (χ0v) is 16.8. The van der Waals surface area contributed by atoms with Crippen molar-refractivity contribution in [3.05, 3.63) is 52.1 Å². The second kappa shape index (κ2) is 9.86. The summed E-state index contributed by atoms with van der Waals surface area (Å²) in [6, 6.07) is 6.75. The molecule has 5 nitrogen and oxygen atoms in total. The fraction of sp³-hybridized carbons (Fsp3) is 0.333. The van der Waals surface area contributed by atoms with Crippen molar-refractivity contribution in [3.63, 3.8) is 0 Å². The average molecular weight is 497 g/mol. The fourth-order valence-corrected chi connectivity index (χ4v) is 2.47. The summed E-state index contributed by atoms with van der Waals surface area (Å²) in [5.74, 6) is 0.523. The first-order valence-corrected chi connectivity index (χ1v) is 7.64. The minimum absolute atomic E-state index is 0. The van der Waals surface area contributed by atoms with Crippen LogP contribution in [0.15, 0.2) is 44.5 Å². The summed E-state index contributed by atoms with van der Waals surface area (Å²) < 4.78 is 19.4. The number of hydrogen-bond donors (Lipinski definition) is 1. The van der Waals surface area contributed by atoms with Crippen LogP contribution in [-0.2, 0) is 13.0 Å². The van der Waals surface area contributed by atoms with Crippen LogP contribution in [0.5, 0.6) is 0 Å². The average Bonchev–Trinajstić information content (AvgIpc) is 2.99. The van der Waals surface area contributed by atoms with Crippen molar-refractivity contribution in [3.8, 4) is 0 Å². The molecule has 0 unspecified atom stereocenters. The first-order valence-electron chi connectivity index (χ1n) is 6.85. The Bertz CT molecular complexity index is 636. The van der Waals surface area contributed by atoms with E-state index >= 15 is 0 Å². The molecule has 0 aliphatic carbocycles. The normalized spacial score (nSPS) is 11.0. The molecular weight excluding hydrogens is 478 g/mol. The van der Waals surface area contributed by atoms with Gasteiger partial charge in [0.2, 0.25) is 0 Å². The molecule has 0 amide bonds. The minimum atomic E-state index is -0.198. The molecular formula is C15H19BrFIN4O. The Morgan fingerprint density at radius 2 is 2.22 bits per heavy atom. The number of rotatable bonds is 5. The van der Waals surface area contributed by atoms with Crippen molar-refractivity contribution < 1.29 is 8.91 Å². The molecule has 8 heteroatoms. The zero-order chi connectivity index (χ0) is 15.9. The maximum Gasteiger partial charge on any atom is 0.193 e. The highest BCUT2D eigenvalue weighted by Gasteiger charge is 2.09. The fourth-order valence-electron chi connectivity index (χ4n) is 2.07. The van der Waals surface area contributed by atoms with E-state index in [0.717, 1.165) is 16.1 Å². The van der Waals surface area contributed by atoms with Crippen LogP contribution in [0.25, 0.3) is 0 Å². The third-order valence-corrected chi connectivity index (χ3v) is 3.64. The number of benzene rings is 1. The second-order valence-electron chi connectivity index (χ2n) is 4.81. The molecule has 1 N–H and O–H groups in total. The van der Waals surface area contributed by atoms with E-state index in [1.54, 1.807) is 25.2 Å². The first kappa shape index (κ1) is 19.9. The molecule has 2 aromatic rings. The van der Waals surface area contributed by atoms with Gasteiger partial charge in [-0.05, 0) is 30.2 Å². The van der Waals surface area contributed by atoms with Gasteiger partial charge < -0.3 is 14.7 Å². The van der Waals surface area contributed by atoms with Gasteiger partial charge in [-0.3, -0.25) is 4.99 Å². The van der Waals surface area contributed by atoms with E-state index in [1.165, 1.54) is 12.3 Å². The molecule has 0 fully saturated rings. The molecule has 0 bridgehead atoms. The van der Waals surface area contributed by atoms with Gasteiger partial charge in [0.05, 0.1) is 6.54 Å². The maximum absolute atomic E-state index is 13.7. The summed E-state index contributed by atoms with van der Waals surface area (Å²) in [5.41, 5.74) is 1.49. The van der Waals surface area contributed by atoms with Crippen LogP contribution >= 0.6 is 39.9 Å². The standard InChI is InChI=1S/C15H18BrFN4O.HI/c1-18-15(21(2)10-13-6-8-22-20-13)19-7-5-11-9-12(16)3-4-14(11)17;/h3-4,6,8-9H,5,7,10H2,1-2H3,(H,18,19);1H. The van der Waals surface area contributed by atoms with E-state index in [4.69, 9.17) is 4.52 Å². The zero-order valence-electron chi connectivity index (χ0n) is 12.9. The van der Waals surface area contributed by atoms with Gasteiger partial charge in [-0.2, -0.15) is 0 Å². The molecule has 1 aromatic heterocycles. The largest absolute Gasteiger partial charge is 0.364 e. The van der Waals surface area contributed by atoms with Crippen molar-refractivity contribution in [1.82, 2.24) is 15.4 Å². The predicted molar refractivity (Wildman–Crippen MR) is 103 cm³/mol. The minimum Gasteiger partial charge on any atom is -0.364 e. The lowest BCUT2D eigenvalue weighted by Crippen LogP contribution is -2.39. The molecule has 0 saturated carbocycles. The molecule has 2 rings (SSSR count). The first-order chi connectivity index (χ1) is 10.6. The molecule has 0 atom stereocenters. The molecule has 0 aliphatic heterocycles. The van der Waals surface area contributed by atoms with Gasteiger partial charge >= 0.3 is 0 Å². The number of nitrogens with zero attached hydrogens (tertiary/aromatic N) is 3. The van der Waals surface area contributed by atoms with E-state index in [-0.39, 0.29) is 29.8 Å². The van der Waals surface area contributed by atoms with Crippen LogP contribution in [0.4, 0.5) is 4.39 Å². The summed E-state index contributed by atoms with van der Waals surface area (Å²) >= 11 is 3.35. The lowest BCUT2D eigenvalue weighted by molar-refractivity contribution is 0.391. The van der Waals surface area contributed by atoms with E-state index in [2.05, 4.69) is 31.4 Å². The smallest absolute Gasteiger partial charge is 0.193 e. The molecule has 1 aromatic carbocycles. The van der Waals surface area contributed by atoms with Crippen LogP contribution in [0.1, 0.15) is 11.3 Å². The van der Waals surface area contributed by atoms with Gasteiger partial charge in [-0.1, -0.05) is 21.1 Å². The van der Waals surface area contributed by atoms with Crippen LogP contribution in [0.3, 0.4) is 0 Å². The molecule has 0 saturated heterocycles. The Kier molecular flexibility index (Phi) is 8.53. The Balaban J connectivity index is 0.00000264. The van der Waals surface area contributed by atoms with E-state index in [1.807, 2.05) is 11.9 Å². The van der Waals surface area contributed by atoms with E-state index in [9.17, 15) is 4.39 Å². The van der Waals surface area contributed by atoms with Crippen LogP contribution in [0.2, 0.25) is 0 Å². The van der Waals surface area contributed by atoms with Crippen LogP contribution in [0, 0.1) is 5.82 Å². The molecule has 0 radical (unpaired) electrons. The third kappa shape index (κ3) is 6.09. The topological polar surface area (TPSA) is 53.7 Å². The molecule has 23 heavy (non-hydrogen) atoms. The number of halogens is 3. The highest BCUT2D eigenvalue weighted by atomic mass is 127. The SMILES string of the molecule is CN=C(NCCc1cc(Br)ccc1F)N(C)Cc1ccon1.I. The summed E-state index contributed by atoms with van der Waals surface area (Å²) in [7, 11) is 3.62. The second-order valence-corrected chi connectivity index (χ2v) is 5.72. The lowest BCUT2D eigenvalue weighted by Gasteiger charge is -2.21. The highest BCUT2D eigenvalue weighted by molar-refractivity contribution is 14.0. The van der Waals surface area contributed by atoms with E-state index in [0.29, 0.717) is 25.1 Å². The van der Waals surface area contributed by atoms with E-state index < -0.39 is 0 Å². The van der Waals surface area contributed by atoms with Crippen molar-refractivity contribution in [1.29, 1.82) is 0 Å². The van der Waals surface area contributed by atoms with Crippen molar-refractivity contribution in [2.75, 3.05) is 20.6 Å². The van der Waals surface area contributed by atoms with Gasteiger partial charge in [0.25, 0.3) is 0 Å². The maximum atomic E-state index is 13.7.